The molecule has 2 aromatic carbocycles. The van der Waals surface area contributed by atoms with Gasteiger partial charge in [0.25, 0.3) is 0 Å². The highest BCUT2D eigenvalue weighted by Crippen LogP contribution is 2.38. The predicted octanol–water partition coefficient (Wildman–Crippen LogP) is 3.29. The Morgan fingerprint density at radius 3 is 2.74 bits per heavy atom. The van der Waals surface area contributed by atoms with Gasteiger partial charge in [-0.3, -0.25) is 4.99 Å². The quantitative estimate of drug-likeness (QED) is 0.397. The minimum absolute atomic E-state index is 0.0130. The number of nitrogens with zero attached hydrogens (tertiary/aromatic N) is 5. The van der Waals surface area contributed by atoms with E-state index in [-0.39, 0.29) is 5.56 Å². The van der Waals surface area contributed by atoms with Gasteiger partial charge in [-0.15, -0.1) is 0 Å². The van der Waals surface area contributed by atoms with Crippen molar-refractivity contribution in [2.75, 3.05) is 56.2 Å². The zero-order chi connectivity index (χ0) is 24.1. The molecular weight excluding hydrogens is 431 g/mol. The van der Waals surface area contributed by atoms with Crippen molar-refractivity contribution < 1.29 is 4.39 Å². The number of rotatable bonds is 5. The normalized spacial score (nSPS) is 14.1. The molecule has 1 fully saturated rings. The van der Waals surface area contributed by atoms with Crippen LogP contribution in [0.2, 0.25) is 0 Å². The summed E-state index contributed by atoms with van der Waals surface area (Å²) in [6, 6.07) is 12.0. The first kappa shape index (κ1) is 23.1. The zero-order valence-corrected chi connectivity index (χ0v) is 19.3. The number of aliphatic imine (C=N–C) groups is 1. The number of nitrogens with two attached hydrogens (primary N) is 1. The van der Waals surface area contributed by atoms with Crippen molar-refractivity contribution in [3.8, 4) is 28.5 Å². The first-order valence-corrected chi connectivity index (χ1v) is 11.1. The summed E-state index contributed by atoms with van der Waals surface area (Å²) in [6.07, 6.45) is 2.66. The molecule has 3 aromatic rings. The van der Waals surface area contributed by atoms with Gasteiger partial charge < -0.3 is 21.3 Å². The molecule has 1 saturated heterocycles. The van der Waals surface area contributed by atoms with Crippen LogP contribution >= 0.6 is 0 Å². The van der Waals surface area contributed by atoms with Crippen molar-refractivity contribution in [2.24, 2.45) is 4.99 Å². The van der Waals surface area contributed by atoms with E-state index in [9.17, 15) is 9.65 Å². The molecule has 2 heterocycles. The van der Waals surface area contributed by atoms with Crippen molar-refractivity contribution in [1.29, 1.82) is 5.26 Å². The second kappa shape index (κ2) is 10.3. The lowest BCUT2D eigenvalue weighted by Crippen LogP contribution is -2.29. The highest BCUT2D eigenvalue weighted by Gasteiger charge is 2.22. The highest BCUT2D eigenvalue weighted by molar-refractivity contribution is 5.94. The second-order valence-electron chi connectivity index (χ2n) is 7.97. The fraction of sp³-hybridized carbons (Fsp3) is 0.280. The van der Waals surface area contributed by atoms with Crippen LogP contribution in [0.15, 0.2) is 41.4 Å². The van der Waals surface area contributed by atoms with Crippen molar-refractivity contribution in [3.63, 3.8) is 0 Å². The van der Waals surface area contributed by atoms with E-state index >= 15 is 0 Å². The van der Waals surface area contributed by atoms with Crippen LogP contribution in [-0.4, -0.2) is 56.5 Å². The molecule has 0 radical (unpaired) electrons. The van der Waals surface area contributed by atoms with Crippen LogP contribution in [0.3, 0.4) is 0 Å². The Morgan fingerprint density at radius 2 is 2.00 bits per heavy atom. The Kier molecular flexibility index (Phi) is 6.99. The van der Waals surface area contributed by atoms with Crippen molar-refractivity contribution in [2.45, 2.75) is 6.42 Å². The summed E-state index contributed by atoms with van der Waals surface area (Å²) < 4.78 is 14.6. The fourth-order valence-electron chi connectivity index (χ4n) is 4.03. The van der Waals surface area contributed by atoms with Gasteiger partial charge in [-0.1, -0.05) is 12.1 Å². The average molecular weight is 459 g/mol. The van der Waals surface area contributed by atoms with Gasteiger partial charge in [-0.25, -0.2) is 9.37 Å². The van der Waals surface area contributed by atoms with Crippen molar-refractivity contribution in [3.05, 3.63) is 53.3 Å². The molecule has 1 aliphatic heterocycles. The summed E-state index contributed by atoms with van der Waals surface area (Å²) in [7, 11) is 3.48. The third-order valence-electron chi connectivity index (χ3n) is 5.76. The minimum Gasteiger partial charge on any atom is -0.398 e. The van der Waals surface area contributed by atoms with Crippen LogP contribution in [0, 0.1) is 17.1 Å². The third kappa shape index (κ3) is 4.67. The molecule has 1 aliphatic rings. The Bertz CT molecular complexity index is 1260. The first-order valence-electron chi connectivity index (χ1n) is 11.1. The minimum atomic E-state index is -0.591. The third-order valence-corrected chi connectivity index (χ3v) is 5.76. The lowest BCUT2D eigenvalue weighted by Gasteiger charge is -2.23. The molecule has 0 saturated carbocycles. The summed E-state index contributed by atoms with van der Waals surface area (Å²) in [6.45, 7) is 3.35. The van der Waals surface area contributed by atoms with Gasteiger partial charge >= 0.3 is 0 Å². The molecule has 4 N–H and O–H groups in total. The highest BCUT2D eigenvalue weighted by atomic mass is 19.1. The maximum Gasteiger partial charge on any atom is 0.227 e. The van der Waals surface area contributed by atoms with Crippen molar-refractivity contribution >= 4 is 23.7 Å². The summed E-state index contributed by atoms with van der Waals surface area (Å²) in [4.78, 5) is 16.0. The molecular formula is C25H27FN8. The van der Waals surface area contributed by atoms with E-state index in [2.05, 4.69) is 20.5 Å². The molecule has 0 aliphatic carbocycles. The molecule has 1 aromatic heterocycles. The van der Waals surface area contributed by atoms with Gasteiger partial charge in [0.15, 0.2) is 0 Å². The largest absolute Gasteiger partial charge is 0.398 e. The number of nitrogens with one attached hydrogen (secondary N) is 2. The summed E-state index contributed by atoms with van der Waals surface area (Å²) in [5, 5.41) is 15.8. The van der Waals surface area contributed by atoms with E-state index in [1.807, 2.05) is 24.3 Å². The topological polar surface area (TPSA) is 115 Å². The SMILES string of the molecule is CN=Cc1cc(-c2c(NC)nc(N3CCCNCC3)nc2-c2ccc(C#N)c(F)c2)ccc1N. The Labute approximate surface area is 198 Å². The molecule has 4 rings (SSSR count). The molecule has 8 nitrogen and oxygen atoms in total. The number of benzene rings is 2. The van der Waals surface area contributed by atoms with Crippen LogP contribution in [0.5, 0.6) is 0 Å². The van der Waals surface area contributed by atoms with E-state index in [0.29, 0.717) is 34.3 Å². The number of nitriles is 1. The van der Waals surface area contributed by atoms with E-state index in [4.69, 9.17) is 15.7 Å². The number of hydrogen-bond donors (Lipinski definition) is 3. The first-order chi connectivity index (χ1) is 16.5. The Balaban J connectivity index is 1.96. The number of aromatic nitrogens is 2. The van der Waals surface area contributed by atoms with Gasteiger partial charge in [-0.2, -0.15) is 10.2 Å². The molecule has 0 atom stereocenters. The smallest absolute Gasteiger partial charge is 0.227 e. The lowest BCUT2D eigenvalue weighted by atomic mass is 9.97. The van der Waals surface area contributed by atoms with Crippen LogP contribution in [0.25, 0.3) is 22.4 Å². The number of nitrogen functional groups attached to an aromatic ring is 1. The standard InChI is InChI=1S/C25H27FN8/c1-29-15-19-12-16(6-7-21(19)28)22-23(17-4-5-18(14-27)20(26)13-17)32-25(33-24(22)30-2)34-10-3-8-31-9-11-34/h4-7,12-13,15,31H,3,8-11,28H2,1-2H3,(H,30,32,33). The van der Waals surface area contributed by atoms with Gasteiger partial charge in [0.2, 0.25) is 5.95 Å². The van der Waals surface area contributed by atoms with Crippen LogP contribution in [0.4, 0.5) is 21.8 Å². The predicted molar refractivity (Wildman–Crippen MR) is 135 cm³/mol. The van der Waals surface area contributed by atoms with Crippen LogP contribution < -0.4 is 21.3 Å². The Morgan fingerprint density at radius 1 is 1.18 bits per heavy atom. The van der Waals surface area contributed by atoms with Gasteiger partial charge in [-0.05, 0) is 42.8 Å². The van der Waals surface area contributed by atoms with Crippen LogP contribution in [0.1, 0.15) is 17.5 Å². The summed E-state index contributed by atoms with van der Waals surface area (Å²) in [5.74, 6) is 0.598. The fourth-order valence-corrected chi connectivity index (χ4v) is 4.03. The van der Waals surface area contributed by atoms with E-state index in [1.54, 1.807) is 26.4 Å². The van der Waals surface area contributed by atoms with Crippen LogP contribution in [-0.2, 0) is 0 Å². The van der Waals surface area contributed by atoms with Gasteiger partial charge in [0.05, 0.1) is 16.8 Å². The lowest BCUT2D eigenvalue weighted by molar-refractivity contribution is 0.624. The number of hydrogen-bond acceptors (Lipinski definition) is 8. The van der Waals surface area contributed by atoms with E-state index < -0.39 is 5.82 Å². The summed E-state index contributed by atoms with van der Waals surface area (Å²) in [5.41, 5.74) is 10.1. The Hall–Kier alpha value is -4.03. The monoisotopic (exact) mass is 458 g/mol. The maximum absolute atomic E-state index is 14.6. The van der Waals surface area contributed by atoms with Gasteiger partial charge in [0, 0.05) is 56.8 Å². The van der Waals surface area contributed by atoms with E-state index in [0.717, 1.165) is 43.7 Å². The van der Waals surface area contributed by atoms with Crippen molar-refractivity contribution in [1.82, 2.24) is 15.3 Å². The molecule has 0 spiro atoms. The average Bonchev–Trinajstić information content (AvgIpc) is 3.14. The van der Waals surface area contributed by atoms with Gasteiger partial charge in [0.1, 0.15) is 17.7 Å². The molecule has 34 heavy (non-hydrogen) atoms. The summed E-state index contributed by atoms with van der Waals surface area (Å²) >= 11 is 0. The molecule has 0 bridgehead atoms. The zero-order valence-electron chi connectivity index (χ0n) is 19.3. The number of halogens is 1. The molecule has 0 unspecified atom stereocenters. The molecule has 9 heteroatoms. The maximum atomic E-state index is 14.6. The van der Waals surface area contributed by atoms with E-state index in [1.165, 1.54) is 12.1 Å². The number of anilines is 3. The molecule has 174 valence electrons. The second-order valence-corrected chi connectivity index (χ2v) is 7.97. The molecule has 0 amide bonds.